The van der Waals surface area contributed by atoms with E-state index in [2.05, 4.69) is 4.98 Å². The van der Waals surface area contributed by atoms with Gasteiger partial charge in [0.25, 0.3) is 0 Å². The lowest BCUT2D eigenvalue weighted by molar-refractivity contribution is 0.0997. The maximum absolute atomic E-state index is 13.9. The number of aliphatic hydroxyl groups excluding tert-OH is 1. The Labute approximate surface area is 238 Å². The number of benzene rings is 3. The van der Waals surface area contributed by atoms with Gasteiger partial charge in [0.15, 0.2) is 5.13 Å². The summed E-state index contributed by atoms with van der Waals surface area (Å²) in [7, 11) is -3.99. The van der Waals surface area contributed by atoms with E-state index in [9.17, 15) is 18.3 Å². The molecule has 1 aromatic heterocycles. The number of carbonyl (C=O) groups is 1. The third kappa shape index (κ3) is 6.44. The summed E-state index contributed by atoms with van der Waals surface area (Å²) in [5.74, 6) is -1.20. The van der Waals surface area contributed by atoms with Gasteiger partial charge in [-0.2, -0.15) is 4.31 Å². The summed E-state index contributed by atoms with van der Waals surface area (Å²) in [6, 6.07) is 17.5. The van der Waals surface area contributed by atoms with E-state index in [4.69, 9.17) is 17.2 Å². The van der Waals surface area contributed by atoms with Crippen LogP contribution in [-0.4, -0.2) is 47.9 Å². The highest BCUT2D eigenvalue weighted by Gasteiger charge is 2.33. The zero-order valence-electron chi connectivity index (χ0n) is 22.7. The molecule has 0 bridgehead atoms. The average Bonchev–Trinajstić information content (AvgIpc) is 3.27. The van der Waals surface area contributed by atoms with Crippen LogP contribution in [0.2, 0.25) is 0 Å². The van der Waals surface area contributed by atoms with Crippen LogP contribution in [0.5, 0.6) is 0 Å². The normalized spacial score (nSPS) is 13.7. The zero-order valence-corrected chi connectivity index (χ0v) is 24.4. The van der Waals surface area contributed by atoms with Crippen LogP contribution in [0.1, 0.15) is 46.8 Å². The summed E-state index contributed by atoms with van der Waals surface area (Å²) >= 11 is 1.22. The Morgan fingerprint density at radius 1 is 1.05 bits per heavy atom. The maximum Gasteiger partial charge on any atom is 0.249 e. The second-order valence-electron chi connectivity index (χ2n) is 10.4. The standard InChI is InChI=1S/C29H35N5O4S2/c1-17(2)15-34(40(37,38)21-9-10-25-27(14-21)39-29(32)33-25)16-26(35)24(11-19-7-5-4-6-8-19)22-12-20(30)13-23(18(22)3)28(31)36/h4-10,12-14,17,24,26,35H,11,15-16,30H2,1-3H3,(H2,31,36)(H2,32,33)/t24-,26-/m0/s1. The van der Waals surface area contributed by atoms with Crippen LogP contribution in [-0.2, 0) is 16.4 Å². The van der Waals surface area contributed by atoms with Crippen molar-refractivity contribution in [3.05, 3.63) is 82.9 Å². The van der Waals surface area contributed by atoms with E-state index in [1.807, 2.05) is 44.2 Å². The first-order chi connectivity index (χ1) is 18.9. The number of hydrogen-bond acceptors (Lipinski definition) is 8. The molecule has 4 rings (SSSR count). The lowest BCUT2D eigenvalue weighted by Gasteiger charge is -2.31. The van der Waals surface area contributed by atoms with Crippen LogP contribution < -0.4 is 17.2 Å². The number of nitrogen functional groups attached to an aromatic ring is 2. The fraction of sp³-hybridized carbons (Fsp3) is 0.310. The van der Waals surface area contributed by atoms with Gasteiger partial charge in [0.05, 0.1) is 21.2 Å². The molecule has 3 aromatic carbocycles. The number of nitrogens with zero attached hydrogens (tertiary/aromatic N) is 2. The molecule has 0 aliphatic carbocycles. The molecule has 0 spiro atoms. The SMILES string of the molecule is Cc1c(C(N)=O)cc(N)cc1[C@H](Cc1ccccc1)[C@@H](O)CN(CC(C)C)S(=O)(=O)c1ccc2nc(N)sc2c1. The van der Waals surface area contributed by atoms with Crippen LogP contribution >= 0.6 is 11.3 Å². The van der Waals surface area contributed by atoms with Crippen molar-refractivity contribution in [2.24, 2.45) is 11.7 Å². The van der Waals surface area contributed by atoms with Gasteiger partial charge in [-0.3, -0.25) is 4.79 Å². The van der Waals surface area contributed by atoms with E-state index in [1.165, 1.54) is 27.8 Å². The number of carbonyl (C=O) groups excluding carboxylic acids is 1. The summed E-state index contributed by atoms with van der Waals surface area (Å²) in [6.45, 7) is 5.64. The van der Waals surface area contributed by atoms with Crippen molar-refractivity contribution in [3.63, 3.8) is 0 Å². The van der Waals surface area contributed by atoms with Gasteiger partial charge in [-0.25, -0.2) is 13.4 Å². The zero-order chi connectivity index (χ0) is 29.2. The minimum atomic E-state index is -3.99. The summed E-state index contributed by atoms with van der Waals surface area (Å²) in [6.07, 6.45) is -0.732. The molecule has 40 heavy (non-hydrogen) atoms. The maximum atomic E-state index is 13.9. The number of nitrogens with two attached hydrogens (primary N) is 3. The predicted octanol–water partition coefficient (Wildman–Crippen LogP) is 3.90. The number of hydrogen-bond donors (Lipinski definition) is 4. The molecule has 0 unspecified atom stereocenters. The minimum absolute atomic E-state index is 0.00658. The third-order valence-electron chi connectivity index (χ3n) is 6.87. The number of rotatable bonds is 11. The number of anilines is 2. The molecule has 0 saturated carbocycles. The molecule has 9 nitrogen and oxygen atoms in total. The predicted molar refractivity (Wildman–Crippen MR) is 161 cm³/mol. The topological polar surface area (TPSA) is 166 Å². The number of fused-ring (bicyclic) bond motifs is 1. The molecule has 0 aliphatic rings. The Kier molecular flexibility index (Phi) is 8.79. The molecule has 0 radical (unpaired) electrons. The van der Waals surface area contributed by atoms with E-state index >= 15 is 0 Å². The lowest BCUT2D eigenvalue weighted by Crippen LogP contribution is -2.42. The largest absolute Gasteiger partial charge is 0.399 e. The Balaban J connectivity index is 1.75. The van der Waals surface area contributed by atoms with Crippen molar-refractivity contribution in [3.8, 4) is 0 Å². The number of amides is 1. The van der Waals surface area contributed by atoms with Gasteiger partial charge in [-0.15, -0.1) is 0 Å². The molecule has 11 heteroatoms. The van der Waals surface area contributed by atoms with E-state index in [0.29, 0.717) is 38.6 Å². The summed E-state index contributed by atoms with van der Waals surface area (Å²) in [4.78, 5) is 16.5. The van der Waals surface area contributed by atoms with Crippen LogP contribution in [0, 0.1) is 12.8 Å². The van der Waals surface area contributed by atoms with Crippen molar-refractivity contribution in [1.29, 1.82) is 0 Å². The Hall–Kier alpha value is -3.51. The second kappa shape index (κ2) is 11.9. The van der Waals surface area contributed by atoms with Crippen LogP contribution in [0.4, 0.5) is 10.8 Å². The number of primary amides is 1. The van der Waals surface area contributed by atoms with Crippen molar-refractivity contribution >= 4 is 48.3 Å². The van der Waals surface area contributed by atoms with Crippen LogP contribution in [0.15, 0.2) is 65.6 Å². The molecule has 0 aliphatic heterocycles. The molecular weight excluding hydrogens is 546 g/mol. The smallest absolute Gasteiger partial charge is 0.249 e. The Bertz CT molecular complexity index is 1620. The van der Waals surface area contributed by atoms with Gasteiger partial charge in [0.1, 0.15) is 0 Å². The summed E-state index contributed by atoms with van der Waals surface area (Å²) in [5.41, 5.74) is 21.0. The number of thiazole rings is 1. The Morgan fingerprint density at radius 3 is 2.40 bits per heavy atom. The molecule has 7 N–H and O–H groups in total. The molecular formula is C29H35N5O4S2. The highest BCUT2D eigenvalue weighted by molar-refractivity contribution is 7.89. The number of aliphatic hydroxyl groups is 1. The minimum Gasteiger partial charge on any atom is -0.399 e. The highest BCUT2D eigenvalue weighted by Crippen LogP contribution is 2.33. The van der Waals surface area contributed by atoms with E-state index in [1.54, 1.807) is 25.1 Å². The fourth-order valence-electron chi connectivity index (χ4n) is 4.97. The van der Waals surface area contributed by atoms with E-state index < -0.39 is 28.0 Å². The van der Waals surface area contributed by atoms with Crippen LogP contribution in [0.3, 0.4) is 0 Å². The average molecular weight is 582 g/mol. The molecule has 1 heterocycles. The van der Waals surface area contributed by atoms with Crippen molar-refractivity contribution in [2.45, 2.75) is 44.1 Å². The molecule has 0 saturated heterocycles. The molecule has 4 aromatic rings. The summed E-state index contributed by atoms with van der Waals surface area (Å²) in [5, 5.41) is 12.1. The van der Waals surface area contributed by atoms with Gasteiger partial charge >= 0.3 is 0 Å². The molecule has 2 atom stereocenters. The first-order valence-corrected chi connectivity index (χ1v) is 15.2. The van der Waals surface area contributed by atoms with Crippen LogP contribution in [0.25, 0.3) is 10.2 Å². The molecule has 0 fully saturated rings. The van der Waals surface area contributed by atoms with E-state index in [-0.39, 0.29) is 29.5 Å². The fourth-order valence-corrected chi connectivity index (χ4v) is 7.46. The number of sulfonamides is 1. The van der Waals surface area contributed by atoms with Crippen molar-refractivity contribution in [2.75, 3.05) is 24.6 Å². The Morgan fingerprint density at radius 2 is 1.75 bits per heavy atom. The monoisotopic (exact) mass is 581 g/mol. The lowest BCUT2D eigenvalue weighted by atomic mass is 9.83. The van der Waals surface area contributed by atoms with E-state index in [0.717, 1.165) is 5.56 Å². The summed E-state index contributed by atoms with van der Waals surface area (Å²) < 4.78 is 29.8. The van der Waals surface area contributed by atoms with Crippen molar-refractivity contribution < 1.29 is 18.3 Å². The third-order valence-corrected chi connectivity index (χ3v) is 9.55. The number of aromatic nitrogens is 1. The van der Waals surface area contributed by atoms with Gasteiger partial charge in [-0.1, -0.05) is 55.5 Å². The van der Waals surface area contributed by atoms with Gasteiger partial charge in [0.2, 0.25) is 15.9 Å². The first-order valence-electron chi connectivity index (χ1n) is 12.9. The first kappa shape index (κ1) is 29.5. The van der Waals surface area contributed by atoms with Crippen molar-refractivity contribution in [1.82, 2.24) is 9.29 Å². The molecule has 212 valence electrons. The molecule has 1 amide bonds. The van der Waals surface area contributed by atoms with Gasteiger partial charge in [0, 0.05) is 30.3 Å². The quantitative estimate of drug-likeness (QED) is 0.195. The van der Waals surface area contributed by atoms with Gasteiger partial charge in [-0.05, 0) is 66.3 Å². The van der Waals surface area contributed by atoms with Gasteiger partial charge < -0.3 is 22.3 Å². The highest BCUT2D eigenvalue weighted by atomic mass is 32.2. The second-order valence-corrected chi connectivity index (χ2v) is 13.4.